The average molecular weight is 277 g/mol. The topological polar surface area (TPSA) is 74.2 Å². The fourth-order valence-electron chi connectivity index (χ4n) is 2.10. The summed E-state index contributed by atoms with van der Waals surface area (Å²) in [7, 11) is 0. The third-order valence-electron chi connectivity index (χ3n) is 3.24. The second-order valence-electron chi connectivity index (χ2n) is 4.75. The van der Waals surface area contributed by atoms with Gasteiger partial charge in [0.05, 0.1) is 12.3 Å². The minimum absolute atomic E-state index is 0.0502. The van der Waals surface area contributed by atoms with Crippen molar-refractivity contribution in [1.82, 2.24) is 10.2 Å². The van der Waals surface area contributed by atoms with Gasteiger partial charge in [-0.15, -0.1) is 0 Å². The number of nitrogens with zero attached hydrogens (tertiary/aromatic N) is 2. The molecule has 1 fully saturated rings. The first-order valence-corrected chi connectivity index (χ1v) is 6.57. The Morgan fingerprint density at radius 2 is 2.35 bits per heavy atom. The van der Waals surface area contributed by atoms with Crippen LogP contribution in [-0.2, 0) is 0 Å². The van der Waals surface area contributed by atoms with E-state index in [4.69, 9.17) is 9.94 Å². The molecule has 1 aliphatic heterocycles. The lowest BCUT2D eigenvalue weighted by molar-refractivity contribution is 0.202. The van der Waals surface area contributed by atoms with Gasteiger partial charge in [0.15, 0.2) is 0 Å². The molecule has 1 saturated heterocycles. The third-order valence-corrected chi connectivity index (χ3v) is 3.24. The molecular weight excluding hydrogens is 258 g/mol. The van der Waals surface area contributed by atoms with Crippen LogP contribution in [0.15, 0.2) is 23.4 Å². The van der Waals surface area contributed by atoms with Gasteiger partial charge in [-0.2, -0.15) is 0 Å². The maximum Gasteiger partial charge on any atom is 0.317 e. The van der Waals surface area contributed by atoms with E-state index in [9.17, 15) is 4.79 Å². The van der Waals surface area contributed by atoms with Gasteiger partial charge >= 0.3 is 6.03 Å². The highest BCUT2D eigenvalue weighted by molar-refractivity contribution is 6.00. The molecule has 2 N–H and O–H groups in total. The highest BCUT2D eigenvalue weighted by Crippen LogP contribution is 2.21. The zero-order valence-corrected chi connectivity index (χ0v) is 11.7. The van der Waals surface area contributed by atoms with Crippen molar-refractivity contribution in [3.05, 3.63) is 29.3 Å². The molecule has 1 aliphatic rings. The minimum Gasteiger partial charge on any atom is -0.491 e. The van der Waals surface area contributed by atoms with Gasteiger partial charge in [-0.05, 0) is 26.0 Å². The Hall–Kier alpha value is -2.24. The maximum atomic E-state index is 11.4. The number of urea groups is 1. The summed E-state index contributed by atoms with van der Waals surface area (Å²) in [4.78, 5) is 13.1. The summed E-state index contributed by atoms with van der Waals surface area (Å²) in [6, 6.07) is 5.65. The van der Waals surface area contributed by atoms with E-state index < -0.39 is 0 Å². The molecule has 0 atom stereocenters. The minimum atomic E-state index is -0.0502. The maximum absolute atomic E-state index is 11.4. The molecule has 0 bridgehead atoms. The van der Waals surface area contributed by atoms with E-state index in [0.29, 0.717) is 37.7 Å². The largest absolute Gasteiger partial charge is 0.491 e. The lowest BCUT2D eigenvalue weighted by Gasteiger charge is -2.16. The van der Waals surface area contributed by atoms with Gasteiger partial charge in [0.2, 0.25) is 0 Å². The standard InChI is InChI=1S/C14H19N3O3/c1-10-3-4-13(12(9-10)11(2)16-19)20-8-7-17-6-5-15-14(17)18/h3-4,9,19H,5-8H2,1-2H3,(H,15,18)/b16-11+. The van der Waals surface area contributed by atoms with Gasteiger partial charge in [-0.25, -0.2) is 4.79 Å². The Bertz CT molecular complexity index is 528. The van der Waals surface area contributed by atoms with Crippen molar-refractivity contribution < 1.29 is 14.7 Å². The molecule has 0 aromatic heterocycles. The number of hydrogen-bond acceptors (Lipinski definition) is 4. The molecule has 6 nitrogen and oxygen atoms in total. The van der Waals surface area contributed by atoms with Crippen molar-refractivity contribution in [2.75, 3.05) is 26.2 Å². The molecular formula is C14H19N3O3. The molecule has 6 heteroatoms. The van der Waals surface area contributed by atoms with Crippen LogP contribution in [-0.4, -0.2) is 48.1 Å². The van der Waals surface area contributed by atoms with Crippen molar-refractivity contribution in [2.24, 2.45) is 5.16 Å². The number of carbonyl (C=O) groups excluding carboxylic acids is 1. The van der Waals surface area contributed by atoms with E-state index in [1.54, 1.807) is 11.8 Å². The average Bonchev–Trinajstić information content (AvgIpc) is 2.85. The third kappa shape index (κ3) is 3.20. The Labute approximate surface area is 118 Å². The van der Waals surface area contributed by atoms with Gasteiger partial charge < -0.3 is 20.2 Å². The number of amides is 2. The summed E-state index contributed by atoms with van der Waals surface area (Å²) in [6.45, 7) is 6.02. The predicted molar refractivity (Wildman–Crippen MR) is 75.6 cm³/mol. The molecule has 0 unspecified atom stereocenters. The van der Waals surface area contributed by atoms with E-state index in [1.807, 2.05) is 25.1 Å². The van der Waals surface area contributed by atoms with Crippen LogP contribution in [0.5, 0.6) is 5.75 Å². The molecule has 108 valence electrons. The summed E-state index contributed by atoms with van der Waals surface area (Å²) in [5.74, 6) is 0.658. The van der Waals surface area contributed by atoms with Crippen LogP contribution in [0, 0.1) is 6.92 Å². The quantitative estimate of drug-likeness (QED) is 0.487. The summed E-state index contributed by atoms with van der Waals surface area (Å²) >= 11 is 0. The second kappa shape index (κ2) is 6.27. The number of oxime groups is 1. The fraction of sp³-hybridized carbons (Fsp3) is 0.429. The molecule has 0 radical (unpaired) electrons. The number of aryl methyl sites for hydroxylation is 1. The zero-order valence-electron chi connectivity index (χ0n) is 11.7. The summed E-state index contributed by atoms with van der Waals surface area (Å²) in [6.07, 6.45) is 0. The lowest BCUT2D eigenvalue weighted by Crippen LogP contribution is -2.32. The van der Waals surface area contributed by atoms with Crippen molar-refractivity contribution in [3.63, 3.8) is 0 Å². The molecule has 1 aromatic carbocycles. The number of hydrogen-bond donors (Lipinski definition) is 2. The normalized spacial score (nSPS) is 15.4. The van der Waals surface area contributed by atoms with Crippen molar-refractivity contribution >= 4 is 11.7 Å². The highest BCUT2D eigenvalue weighted by atomic mass is 16.5. The van der Waals surface area contributed by atoms with E-state index in [1.165, 1.54) is 0 Å². The van der Waals surface area contributed by atoms with Crippen molar-refractivity contribution in [3.8, 4) is 5.75 Å². The van der Waals surface area contributed by atoms with Crippen LogP contribution >= 0.6 is 0 Å². The molecule has 0 saturated carbocycles. The Kier molecular flexibility index (Phi) is 4.45. The highest BCUT2D eigenvalue weighted by Gasteiger charge is 2.19. The first-order chi connectivity index (χ1) is 9.61. The van der Waals surface area contributed by atoms with Gasteiger partial charge in [-0.3, -0.25) is 0 Å². The van der Waals surface area contributed by atoms with Crippen LogP contribution < -0.4 is 10.1 Å². The Balaban J connectivity index is 2.00. The summed E-state index contributed by atoms with van der Waals surface area (Å²) in [5.41, 5.74) is 2.33. The van der Waals surface area contributed by atoms with Crippen molar-refractivity contribution in [2.45, 2.75) is 13.8 Å². The molecule has 20 heavy (non-hydrogen) atoms. The second-order valence-corrected chi connectivity index (χ2v) is 4.75. The van der Waals surface area contributed by atoms with E-state index in [0.717, 1.165) is 11.1 Å². The number of rotatable bonds is 5. The van der Waals surface area contributed by atoms with Crippen molar-refractivity contribution in [1.29, 1.82) is 0 Å². The van der Waals surface area contributed by atoms with Gasteiger partial charge in [0.25, 0.3) is 0 Å². The lowest BCUT2D eigenvalue weighted by atomic mass is 10.1. The molecule has 1 aromatic rings. The molecule has 0 aliphatic carbocycles. The number of nitrogens with one attached hydrogen (secondary N) is 1. The predicted octanol–water partition coefficient (Wildman–Crippen LogP) is 1.60. The molecule has 1 heterocycles. The van der Waals surface area contributed by atoms with Crippen LogP contribution in [0.2, 0.25) is 0 Å². The Morgan fingerprint density at radius 1 is 1.55 bits per heavy atom. The smallest absolute Gasteiger partial charge is 0.317 e. The van der Waals surface area contributed by atoms with E-state index in [2.05, 4.69) is 10.5 Å². The zero-order chi connectivity index (χ0) is 14.5. The number of benzene rings is 1. The van der Waals surface area contributed by atoms with Crippen LogP contribution in [0.3, 0.4) is 0 Å². The molecule has 0 spiro atoms. The summed E-state index contributed by atoms with van der Waals surface area (Å²) < 4.78 is 5.71. The van der Waals surface area contributed by atoms with E-state index >= 15 is 0 Å². The first-order valence-electron chi connectivity index (χ1n) is 6.57. The number of ether oxygens (including phenoxy) is 1. The fourth-order valence-corrected chi connectivity index (χ4v) is 2.10. The van der Waals surface area contributed by atoms with Gasteiger partial charge in [-0.1, -0.05) is 16.8 Å². The Morgan fingerprint density at radius 3 is 3.00 bits per heavy atom. The van der Waals surface area contributed by atoms with E-state index in [-0.39, 0.29) is 6.03 Å². The SMILES string of the molecule is C/C(=N\O)c1cc(C)ccc1OCCN1CCNC1=O. The summed E-state index contributed by atoms with van der Waals surface area (Å²) in [5, 5.41) is 14.9. The monoisotopic (exact) mass is 277 g/mol. The van der Waals surface area contributed by atoms with Gasteiger partial charge in [0.1, 0.15) is 12.4 Å². The van der Waals surface area contributed by atoms with Crippen LogP contribution in [0.4, 0.5) is 4.79 Å². The van der Waals surface area contributed by atoms with Crippen LogP contribution in [0.1, 0.15) is 18.1 Å². The number of carbonyl (C=O) groups is 1. The molecule has 2 rings (SSSR count). The van der Waals surface area contributed by atoms with Crippen LogP contribution in [0.25, 0.3) is 0 Å². The first kappa shape index (κ1) is 14.2. The van der Waals surface area contributed by atoms with Gasteiger partial charge in [0, 0.05) is 18.7 Å². The molecule has 2 amide bonds.